The van der Waals surface area contributed by atoms with Gasteiger partial charge in [0, 0.05) is 5.38 Å². The topological polar surface area (TPSA) is 84.4 Å². The molecule has 2 aromatic heterocycles. The number of hydrogen-bond acceptors (Lipinski definition) is 7. The van der Waals surface area contributed by atoms with Crippen molar-refractivity contribution in [3.05, 3.63) is 52.0 Å². The third-order valence-electron chi connectivity index (χ3n) is 5.35. The Morgan fingerprint density at radius 1 is 1.12 bits per heavy atom. The number of carbonyl (C=O) groups excluding carboxylic acids is 2. The van der Waals surface area contributed by atoms with Crippen molar-refractivity contribution in [2.45, 2.75) is 65.1 Å². The summed E-state index contributed by atoms with van der Waals surface area (Å²) >= 11 is 2.95. The van der Waals surface area contributed by atoms with Crippen molar-refractivity contribution < 1.29 is 14.3 Å². The molecule has 1 aromatic carbocycles. The van der Waals surface area contributed by atoms with Crippen LogP contribution in [0.15, 0.2) is 35.7 Å². The van der Waals surface area contributed by atoms with Crippen molar-refractivity contribution in [3.8, 4) is 10.6 Å². The predicted molar refractivity (Wildman–Crippen MR) is 132 cm³/mol. The van der Waals surface area contributed by atoms with Crippen LogP contribution < -0.4 is 5.32 Å². The number of anilines is 1. The van der Waals surface area contributed by atoms with Crippen molar-refractivity contribution in [1.29, 1.82) is 0 Å². The molecule has 0 aliphatic carbocycles. The zero-order chi connectivity index (χ0) is 23.8. The van der Waals surface area contributed by atoms with E-state index in [0.29, 0.717) is 18.0 Å². The number of nitrogens with zero attached hydrogens (tertiary/aromatic N) is 3. The van der Waals surface area contributed by atoms with Gasteiger partial charge in [0.2, 0.25) is 5.91 Å². The summed E-state index contributed by atoms with van der Waals surface area (Å²) in [5.41, 5.74) is 2.07. The highest BCUT2D eigenvalue weighted by molar-refractivity contribution is 7.16. The van der Waals surface area contributed by atoms with Gasteiger partial charge in [-0.25, -0.2) is 14.8 Å². The Morgan fingerprint density at radius 3 is 2.48 bits per heavy atom. The summed E-state index contributed by atoms with van der Waals surface area (Å²) in [6.07, 6.45) is 0.754. The van der Waals surface area contributed by atoms with Crippen molar-refractivity contribution >= 4 is 39.8 Å². The molecule has 174 valence electrons. The Labute approximate surface area is 201 Å². The third kappa shape index (κ3) is 5.25. The molecule has 3 heterocycles. The molecule has 1 fully saturated rings. The second-order valence-electron chi connectivity index (χ2n) is 9.08. The van der Waals surface area contributed by atoms with Gasteiger partial charge < -0.3 is 10.1 Å². The first kappa shape index (κ1) is 23.4. The maximum absolute atomic E-state index is 13.3. The van der Waals surface area contributed by atoms with Gasteiger partial charge in [0.15, 0.2) is 5.13 Å². The normalized spacial score (nSPS) is 18.4. The van der Waals surface area contributed by atoms with E-state index < -0.39 is 17.7 Å². The van der Waals surface area contributed by atoms with Gasteiger partial charge in [-0.1, -0.05) is 30.3 Å². The fourth-order valence-corrected chi connectivity index (χ4v) is 5.69. The summed E-state index contributed by atoms with van der Waals surface area (Å²) in [4.78, 5) is 38.1. The molecule has 4 rings (SSSR count). The highest BCUT2D eigenvalue weighted by Crippen LogP contribution is 2.38. The van der Waals surface area contributed by atoms with Crippen molar-refractivity contribution in [2.75, 3.05) is 5.32 Å². The summed E-state index contributed by atoms with van der Waals surface area (Å²) in [6, 6.07) is 8.93. The van der Waals surface area contributed by atoms with Gasteiger partial charge in [-0.15, -0.1) is 22.7 Å². The van der Waals surface area contributed by atoms with E-state index >= 15 is 0 Å². The first-order valence-electron chi connectivity index (χ1n) is 10.9. The lowest BCUT2D eigenvalue weighted by molar-refractivity contribution is -0.120. The SMILES string of the molecule is Cc1nc(C)c(-c2csc(NC(=O)[C@H]3CC[C@@H](c4ccccc4)N3C(=O)OC(C)(C)C)n2)s1. The minimum atomic E-state index is -0.656. The monoisotopic (exact) mass is 484 g/mol. The molecule has 0 spiro atoms. The zero-order valence-corrected chi connectivity index (χ0v) is 21.0. The number of likely N-dealkylation sites (tertiary alicyclic amines) is 1. The van der Waals surface area contributed by atoms with E-state index in [1.54, 1.807) is 16.2 Å². The number of rotatable bonds is 4. The smallest absolute Gasteiger partial charge is 0.411 e. The Balaban J connectivity index is 1.55. The summed E-state index contributed by atoms with van der Waals surface area (Å²) in [5.74, 6) is -0.252. The van der Waals surface area contributed by atoms with Crippen LogP contribution in [0.2, 0.25) is 0 Å². The van der Waals surface area contributed by atoms with Gasteiger partial charge >= 0.3 is 6.09 Å². The maximum Gasteiger partial charge on any atom is 0.411 e. The molecule has 0 unspecified atom stereocenters. The Morgan fingerprint density at radius 2 is 1.85 bits per heavy atom. The number of aryl methyl sites for hydroxylation is 2. The number of thiazole rings is 2. The molecular weight excluding hydrogens is 456 g/mol. The van der Waals surface area contributed by atoms with Crippen LogP contribution in [0.5, 0.6) is 0 Å². The molecular formula is C24H28N4O3S2. The summed E-state index contributed by atoms with van der Waals surface area (Å²) in [6.45, 7) is 9.40. The minimum Gasteiger partial charge on any atom is -0.444 e. The summed E-state index contributed by atoms with van der Waals surface area (Å²) < 4.78 is 5.67. The molecule has 0 saturated carbocycles. The average molecular weight is 485 g/mol. The molecule has 0 radical (unpaired) electrons. The lowest BCUT2D eigenvalue weighted by Gasteiger charge is -2.32. The second kappa shape index (κ2) is 9.23. The molecule has 2 atom stereocenters. The minimum absolute atomic E-state index is 0.216. The van der Waals surface area contributed by atoms with Gasteiger partial charge in [0.05, 0.1) is 27.3 Å². The number of benzene rings is 1. The fourth-order valence-electron chi connectivity index (χ4n) is 4.03. The summed E-state index contributed by atoms with van der Waals surface area (Å²) in [5, 5.41) is 6.33. The number of aromatic nitrogens is 2. The van der Waals surface area contributed by atoms with Crippen LogP contribution in [0.1, 0.15) is 55.9 Å². The van der Waals surface area contributed by atoms with E-state index in [2.05, 4.69) is 15.3 Å². The standard InChI is InChI=1S/C24H28N4O3S2/c1-14-20(33-15(2)25-14)17-13-32-22(26-17)27-21(29)19-12-11-18(16-9-7-6-8-10-16)28(19)23(30)31-24(3,4)5/h6-10,13,18-19H,11-12H2,1-5H3,(H,26,27,29)/t18-,19+/m0/s1. The molecule has 1 saturated heterocycles. The molecule has 7 nitrogen and oxygen atoms in total. The van der Waals surface area contributed by atoms with E-state index in [1.165, 1.54) is 11.3 Å². The number of nitrogens with one attached hydrogen (secondary N) is 1. The van der Waals surface area contributed by atoms with E-state index in [0.717, 1.165) is 26.8 Å². The van der Waals surface area contributed by atoms with E-state index in [4.69, 9.17) is 4.74 Å². The van der Waals surface area contributed by atoms with Gasteiger partial charge in [-0.3, -0.25) is 9.69 Å². The molecule has 1 aliphatic rings. The van der Waals surface area contributed by atoms with Crippen molar-refractivity contribution in [2.24, 2.45) is 0 Å². The predicted octanol–water partition coefficient (Wildman–Crippen LogP) is 5.96. The maximum atomic E-state index is 13.3. The van der Waals surface area contributed by atoms with Gasteiger partial charge in [0.1, 0.15) is 11.6 Å². The first-order chi connectivity index (χ1) is 15.6. The van der Waals surface area contributed by atoms with E-state index in [1.807, 2.05) is 70.3 Å². The summed E-state index contributed by atoms with van der Waals surface area (Å²) in [7, 11) is 0. The highest BCUT2D eigenvalue weighted by Gasteiger charge is 2.43. The quantitative estimate of drug-likeness (QED) is 0.494. The highest BCUT2D eigenvalue weighted by atomic mass is 32.1. The first-order valence-corrected chi connectivity index (χ1v) is 12.6. The van der Waals surface area contributed by atoms with Crippen LogP contribution in [0.25, 0.3) is 10.6 Å². The number of ether oxygens (including phenoxy) is 1. The van der Waals surface area contributed by atoms with Gasteiger partial charge in [0.25, 0.3) is 0 Å². The van der Waals surface area contributed by atoms with Crippen LogP contribution in [0.4, 0.5) is 9.93 Å². The van der Waals surface area contributed by atoms with Crippen LogP contribution in [-0.2, 0) is 9.53 Å². The van der Waals surface area contributed by atoms with E-state index in [9.17, 15) is 9.59 Å². The van der Waals surface area contributed by atoms with Gasteiger partial charge in [-0.2, -0.15) is 0 Å². The fraction of sp³-hybridized carbons (Fsp3) is 0.417. The number of carbonyl (C=O) groups is 2. The Bertz CT molecular complexity index is 1150. The van der Waals surface area contributed by atoms with Crippen LogP contribution in [0.3, 0.4) is 0 Å². The number of hydrogen-bond donors (Lipinski definition) is 1. The Kier molecular flexibility index (Phi) is 6.54. The largest absolute Gasteiger partial charge is 0.444 e. The molecule has 1 aliphatic heterocycles. The van der Waals surface area contributed by atoms with Crippen LogP contribution >= 0.6 is 22.7 Å². The second-order valence-corrected chi connectivity index (χ2v) is 11.1. The lowest BCUT2D eigenvalue weighted by atomic mass is 10.1. The van der Waals surface area contributed by atoms with E-state index in [-0.39, 0.29) is 11.9 Å². The van der Waals surface area contributed by atoms with Crippen molar-refractivity contribution in [1.82, 2.24) is 14.9 Å². The van der Waals surface area contributed by atoms with Gasteiger partial charge in [-0.05, 0) is 53.0 Å². The van der Waals surface area contributed by atoms with Crippen LogP contribution in [-0.4, -0.2) is 38.5 Å². The third-order valence-corrected chi connectivity index (χ3v) is 7.20. The average Bonchev–Trinajstić information content (AvgIpc) is 3.45. The molecule has 2 amide bonds. The van der Waals surface area contributed by atoms with Crippen molar-refractivity contribution in [3.63, 3.8) is 0 Å². The zero-order valence-electron chi connectivity index (χ0n) is 19.4. The number of amides is 2. The molecule has 33 heavy (non-hydrogen) atoms. The van der Waals surface area contributed by atoms with Crippen LogP contribution in [0, 0.1) is 13.8 Å². The molecule has 1 N–H and O–H groups in total. The molecule has 9 heteroatoms. The Hall–Kier alpha value is -2.78. The molecule has 0 bridgehead atoms. The lowest BCUT2D eigenvalue weighted by Crippen LogP contribution is -2.46. The molecule has 3 aromatic rings.